The van der Waals surface area contributed by atoms with Crippen LogP contribution in [0.25, 0.3) is 0 Å². The maximum Gasteiger partial charge on any atom is 0.130 e. The lowest BCUT2D eigenvalue weighted by atomic mass is 9.49. The van der Waals surface area contributed by atoms with Gasteiger partial charge in [0.1, 0.15) is 10.5 Å². The van der Waals surface area contributed by atoms with Crippen molar-refractivity contribution in [3.8, 4) is 0 Å². The summed E-state index contributed by atoms with van der Waals surface area (Å²) in [7, 11) is 0. The minimum absolute atomic E-state index is 0.105. The van der Waals surface area contributed by atoms with E-state index in [1.165, 1.54) is 50.0 Å². The quantitative estimate of drug-likeness (QED) is 0.747. The number of nitrogens with zero attached hydrogens (tertiary/aromatic N) is 1. The van der Waals surface area contributed by atoms with Crippen LogP contribution in [0, 0.1) is 22.4 Å². The molecule has 1 N–H and O–H groups in total. The van der Waals surface area contributed by atoms with E-state index in [0.717, 1.165) is 22.4 Å². The fraction of sp³-hybridized carbons (Fsp3) is 0.778. The van der Waals surface area contributed by atoms with Crippen LogP contribution in [-0.2, 0) is 10.8 Å². The Balaban J connectivity index is 1.80. The number of hydrogen-bond donors (Lipinski definition) is 1. The fourth-order valence-corrected chi connectivity index (χ4v) is 5.72. The van der Waals surface area contributed by atoms with Gasteiger partial charge in [0.15, 0.2) is 0 Å². The van der Waals surface area contributed by atoms with Crippen molar-refractivity contribution in [3.63, 3.8) is 0 Å². The van der Waals surface area contributed by atoms with E-state index in [-0.39, 0.29) is 5.41 Å². The zero-order valence-corrected chi connectivity index (χ0v) is 14.2. The molecule has 1 aromatic rings. The number of rotatable bonds is 1. The van der Waals surface area contributed by atoms with Crippen molar-refractivity contribution in [1.29, 1.82) is 0 Å². The molecular formula is C18H26N2S. The van der Waals surface area contributed by atoms with Crippen LogP contribution in [0.3, 0.4) is 0 Å². The highest BCUT2D eigenvalue weighted by atomic mass is 32.1. The summed E-state index contributed by atoms with van der Waals surface area (Å²) in [4.78, 5) is 8.50. The Morgan fingerprint density at radius 1 is 1.10 bits per heavy atom. The summed E-state index contributed by atoms with van der Waals surface area (Å²) >= 11 is 5.48. The summed E-state index contributed by atoms with van der Waals surface area (Å²) in [6.45, 7) is 6.74. The minimum Gasteiger partial charge on any atom is -0.346 e. The molecule has 4 fully saturated rings. The molecule has 114 valence electrons. The average molecular weight is 302 g/mol. The molecule has 2 nitrogen and oxygen atoms in total. The van der Waals surface area contributed by atoms with Crippen LogP contribution >= 0.6 is 12.2 Å². The zero-order valence-electron chi connectivity index (χ0n) is 13.4. The molecule has 3 heteroatoms. The molecule has 0 aliphatic heterocycles. The summed E-state index contributed by atoms with van der Waals surface area (Å²) in [5, 5.41) is 0. The van der Waals surface area contributed by atoms with Crippen LogP contribution in [0.2, 0.25) is 0 Å². The highest BCUT2D eigenvalue weighted by Crippen LogP contribution is 2.60. The van der Waals surface area contributed by atoms with E-state index in [2.05, 4.69) is 31.8 Å². The van der Waals surface area contributed by atoms with E-state index in [1.807, 2.05) is 0 Å². The van der Waals surface area contributed by atoms with E-state index in [0.29, 0.717) is 5.41 Å². The largest absolute Gasteiger partial charge is 0.346 e. The van der Waals surface area contributed by atoms with Crippen LogP contribution < -0.4 is 0 Å². The van der Waals surface area contributed by atoms with Crippen molar-refractivity contribution in [2.24, 2.45) is 17.8 Å². The number of nitrogens with one attached hydrogen (secondary N) is 1. The Bertz CT molecular complexity index is 588. The molecule has 0 radical (unpaired) electrons. The molecule has 0 amide bonds. The zero-order chi connectivity index (χ0) is 14.8. The summed E-state index contributed by atoms with van der Waals surface area (Å²) < 4.78 is 0.768. The number of hydrogen-bond acceptors (Lipinski definition) is 2. The summed E-state index contributed by atoms with van der Waals surface area (Å²) in [6, 6.07) is 2.05. The molecule has 4 bridgehead atoms. The summed E-state index contributed by atoms with van der Waals surface area (Å²) in [6.07, 6.45) is 8.43. The van der Waals surface area contributed by atoms with Crippen molar-refractivity contribution >= 4 is 12.2 Å². The van der Waals surface area contributed by atoms with Gasteiger partial charge in [-0.05, 0) is 62.3 Å². The van der Waals surface area contributed by atoms with Gasteiger partial charge in [0, 0.05) is 16.5 Å². The van der Waals surface area contributed by atoms with Crippen LogP contribution in [-0.4, -0.2) is 9.97 Å². The predicted molar refractivity (Wildman–Crippen MR) is 88.0 cm³/mol. The Hall–Kier alpha value is -0.700. The van der Waals surface area contributed by atoms with E-state index in [4.69, 9.17) is 17.2 Å². The lowest BCUT2D eigenvalue weighted by molar-refractivity contribution is -0.00961. The highest BCUT2D eigenvalue weighted by Gasteiger charge is 2.52. The molecule has 4 saturated carbocycles. The number of aromatic amines is 1. The SMILES string of the molecule is CC(C)(C)c1cc(=S)nc(C23CC4CC(CC(C4)C2)C3)[nH]1. The third-order valence-electron chi connectivity index (χ3n) is 6.09. The third kappa shape index (κ3) is 2.28. The second kappa shape index (κ2) is 4.41. The lowest BCUT2D eigenvalue weighted by Gasteiger charge is -2.56. The van der Waals surface area contributed by atoms with Crippen LogP contribution in [0.1, 0.15) is 70.8 Å². The topological polar surface area (TPSA) is 28.7 Å². The molecule has 0 atom stereocenters. The Kier molecular flexibility index (Phi) is 2.92. The average Bonchev–Trinajstić information content (AvgIpc) is 2.35. The first-order valence-corrected chi connectivity index (χ1v) is 8.87. The van der Waals surface area contributed by atoms with E-state index < -0.39 is 0 Å². The smallest absolute Gasteiger partial charge is 0.130 e. The van der Waals surface area contributed by atoms with E-state index in [9.17, 15) is 0 Å². The van der Waals surface area contributed by atoms with Gasteiger partial charge in [-0.1, -0.05) is 33.0 Å². The van der Waals surface area contributed by atoms with Crippen molar-refractivity contribution in [2.75, 3.05) is 0 Å². The number of aromatic nitrogens is 2. The molecule has 0 spiro atoms. The van der Waals surface area contributed by atoms with Crippen molar-refractivity contribution in [1.82, 2.24) is 9.97 Å². The van der Waals surface area contributed by atoms with Crippen molar-refractivity contribution < 1.29 is 0 Å². The maximum absolute atomic E-state index is 5.48. The van der Waals surface area contributed by atoms with Gasteiger partial charge in [0.25, 0.3) is 0 Å². The molecule has 0 unspecified atom stereocenters. The fourth-order valence-electron chi connectivity index (χ4n) is 5.51. The van der Waals surface area contributed by atoms with Crippen molar-refractivity contribution in [2.45, 2.75) is 70.1 Å². The first kappa shape index (κ1) is 13.9. The van der Waals surface area contributed by atoms with Crippen LogP contribution in [0.4, 0.5) is 0 Å². The lowest BCUT2D eigenvalue weighted by Crippen LogP contribution is -2.49. The highest BCUT2D eigenvalue weighted by molar-refractivity contribution is 7.71. The maximum atomic E-state index is 5.48. The van der Waals surface area contributed by atoms with E-state index >= 15 is 0 Å². The first-order valence-electron chi connectivity index (χ1n) is 8.46. The standard InChI is InChI=1S/C18H26N2S/c1-17(2,3)14-7-15(21)20-16(19-14)18-8-11-4-12(9-18)6-13(5-11)10-18/h7,11-13H,4-6,8-10H2,1-3H3,(H,19,20,21). The minimum atomic E-state index is 0.105. The van der Waals surface area contributed by atoms with Gasteiger partial charge in [-0.25, -0.2) is 4.98 Å². The van der Waals surface area contributed by atoms with Gasteiger partial charge < -0.3 is 4.98 Å². The Morgan fingerprint density at radius 2 is 1.62 bits per heavy atom. The molecular weight excluding hydrogens is 276 g/mol. The van der Waals surface area contributed by atoms with Crippen LogP contribution in [0.5, 0.6) is 0 Å². The first-order chi connectivity index (χ1) is 9.84. The second-order valence-electron chi connectivity index (χ2n) is 8.93. The van der Waals surface area contributed by atoms with E-state index in [1.54, 1.807) is 0 Å². The molecule has 5 rings (SSSR count). The molecule has 0 aromatic carbocycles. The van der Waals surface area contributed by atoms with Gasteiger partial charge in [0.2, 0.25) is 0 Å². The van der Waals surface area contributed by atoms with Crippen molar-refractivity contribution in [3.05, 3.63) is 22.2 Å². The van der Waals surface area contributed by atoms with Gasteiger partial charge in [-0.3, -0.25) is 0 Å². The molecule has 21 heavy (non-hydrogen) atoms. The molecule has 1 heterocycles. The normalized spacial score (nSPS) is 38.0. The Labute approximate surface area is 132 Å². The number of H-pyrrole nitrogens is 1. The van der Waals surface area contributed by atoms with Crippen LogP contribution in [0.15, 0.2) is 6.07 Å². The Morgan fingerprint density at radius 3 is 2.10 bits per heavy atom. The summed E-state index contributed by atoms with van der Waals surface area (Å²) in [5.41, 5.74) is 1.66. The molecule has 4 aliphatic carbocycles. The molecule has 4 aliphatic rings. The van der Waals surface area contributed by atoms with Gasteiger partial charge in [-0.15, -0.1) is 0 Å². The predicted octanol–water partition coefficient (Wildman–Crippen LogP) is 4.90. The van der Waals surface area contributed by atoms with Gasteiger partial charge in [0.05, 0.1) is 0 Å². The molecule has 1 aromatic heterocycles. The van der Waals surface area contributed by atoms with Gasteiger partial charge >= 0.3 is 0 Å². The third-order valence-corrected chi connectivity index (χ3v) is 6.30. The second-order valence-corrected chi connectivity index (χ2v) is 9.35. The summed E-state index contributed by atoms with van der Waals surface area (Å²) in [5.74, 6) is 4.04. The monoisotopic (exact) mass is 302 g/mol. The van der Waals surface area contributed by atoms with Gasteiger partial charge in [-0.2, -0.15) is 0 Å². The molecule has 0 saturated heterocycles.